The van der Waals surface area contributed by atoms with Crippen molar-refractivity contribution in [3.05, 3.63) is 40.6 Å². The summed E-state index contributed by atoms with van der Waals surface area (Å²) in [7, 11) is 0. The molecule has 2 heterocycles. The molecule has 1 N–H and O–H groups in total. The molecular weight excluding hydrogens is 318 g/mol. The van der Waals surface area contributed by atoms with Crippen LogP contribution in [-0.4, -0.2) is 15.5 Å². The van der Waals surface area contributed by atoms with Gasteiger partial charge in [-0.25, -0.2) is 4.98 Å². The summed E-state index contributed by atoms with van der Waals surface area (Å²) in [6.07, 6.45) is 11.6. The predicted molar refractivity (Wildman–Crippen MR) is 98.0 cm³/mol. The molecular formula is C19H27N3OS. The van der Waals surface area contributed by atoms with Gasteiger partial charge in [-0.1, -0.05) is 32.3 Å². The van der Waals surface area contributed by atoms with E-state index >= 15 is 0 Å². The Hall–Kier alpha value is -1.62. The van der Waals surface area contributed by atoms with Gasteiger partial charge >= 0.3 is 0 Å². The van der Waals surface area contributed by atoms with Crippen LogP contribution < -0.4 is 5.32 Å². The average molecular weight is 346 g/mol. The van der Waals surface area contributed by atoms with Crippen LogP contribution in [0.15, 0.2) is 29.9 Å². The maximum absolute atomic E-state index is 12.5. The summed E-state index contributed by atoms with van der Waals surface area (Å²) in [6, 6.07) is 4.43. The van der Waals surface area contributed by atoms with Crippen molar-refractivity contribution < 1.29 is 4.79 Å². The number of aryl methyl sites for hydroxylation is 2. The van der Waals surface area contributed by atoms with Crippen molar-refractivity contribution in [2.75, 3.05) is 0 Å². The highest BCUT2D eigenvalue weighted by Gasteiger charge is 2.27. The first-order valence-electron chi connectivity index (χ1n) is 9.10. The van der Waals surface area contributed by atoms with Gasteiger partial charge in [-0.3, -0.25) is 4.79 Å². The largest absolute Gasteiger partial charge is 0.348 e. The Morgan fingerprint density at radius 2 is 2.25 bits per heavy atom. The Balaban J connectivity index is 1.60. The van der Waals surface area contributed by atoms with Crippen LogP contribution in [0.5, 0.6) is 0 Å². The number of imidazole rings is 1. The summed E-state index contributed by atoms with van der Waals surface area (Å²) in [5.74, 6) is 1.78. The van der Waals surface area contributed by atoms with Crippen molar-refractivity contribution in [2.24, 2.45) is 5.92 Å². The zero-order chi connectivity index (χ0) is 16.8. The highest BCUT2D eigenvalue weighted by atomic mass is 32.1. The molecule has 24 heavy (non-hydrogen) atoms. The summed E-state index contributed by atoms with van der Waals surface area (Å²) in [5.41, 5.74) is 0. The van der Waals surface area contributed by atoms with Gasteiger partial charge in [-0.2, -0.15) is 0 Å². The Bertz CT molecular complexity index is 629. The third kappa shape index (κ3) is 4.26. The molecule has 0 bridgehead atoms. The Labute approximate surface area is 148 Å². The van der Waals surface area contributed by atoms with E-state index in [9.17, 15) is 4.79 Å². The number of carbonyl (C=O) groups is 1. The molecule has 1 fully saturated rings. The highest BCUT2D eigenvalue weighted by molar-refractivity contribution is 7.10. The van der Waals surface area contributed by atoms with Crippen LogP contribution >= 0.6 is 11.3 Å². The number of carbonyl (C=O) groups excluding carboxylic acids is 1. The molecule has 1 saturated carbocycles. The second-order valence-corrected chi connectivity index (χ2v) is 7.58. The van der Waals surface area contributed by atoms with Gasteiger partial charge in [0, 0.05) is 36.7 Å². The number of nitrogens with zero attached hydrogens (tertiary/aromatic N) is 2. The number of hydrogen-bond donors (Lipinski definition) is 1. The van der Waals surface area contributed by atoms with Crippen molar-refractivity contribution in [3.8, 4) is 0 Å². The minimum atomic E-state index is 0.148. The molecule has 0 radical (unpaired) electrons. The molecule has 1 aliphatic carbocycles. The Kier molecular flexibility index (Phi) is 6.07. The number of nitrogens with one attached hydrogen (secondary N) is 1. The first-order valence-corrected chi connectivity index (χ1v) is 9.98. The van der Waals surface area contributed by atoms with E-state index in [2.05, 4.69) is 39.3 Å². The molecule has 2 aromatic rings. The predicted octanol–water partition coefficient (Wildman–Crippen LogP) is 4.33. The number of thiophene rings is 1. The van der Waals surface area contributed by atoms with E-state index in [1.165, 1.54) is 37.0 Å². The van der Waals surface area contributed by atoms with E-state index in [0.717, 1.165) is 12.2 Å². The standard InChI is InChI=1S/C19H27N3OS/c1-2-17-20-11-13-22(17)12-10-18(23)21-19(16-9-6-14-24-16)15-7-4-3-5-8-15/h6,9,11,13-15,19H,2-5,7-8,10,12H2,1H3,(H,21,23). The van der Waals surface area contributed by atoms with Crippen LogP contribution in [-0.2, 0) is 17.8 Å². The second kappa shape index (κ2) is 8.47. The van der Waals surface area contributed by atoms with Gasteiger partial charge in [0.05, 0.1) is 6.04 Å². The molecule has 4 nitrogen and oxygen atoms in total. The van der Waals surface area contributed by atoms with Crippen molar-refractivity contribution >= 4 is 17.2 Å². The second-order valence-electron chi connectivity index (χ2n) is 6.60. The van der Waals surface area contributed by atoms with Crippen LogP contribution in [0.2, 0.25) is 0 Å². The maximum Gasteiger partial charge on any atom is 0.222 e. The number of aromatic nitrogens is 2. The van der Waals surface area contributed by atoms with Crippen molar-refractivity contribution in [1.82, 2.24) is 14.9 Å². The lowest BCUT2D eigenvalue weighted by Gasteiger charge is -2.30. The van der Waals surface area contributed by atoms with E-state index in [1.54, 1.807) is 11.3 Å². The number of amides is 1. The lowest BCUT2D eigenvalue weighted by atomic mass is 9.83. The van der Waals surface area contributed by atoms with Gasteiger partial charge < -0.3 is 9.88 Å². The summed E-state index contributed by atoms with van der Waals surface area (Å²) in [5, 5.41) is 5.43. The van der Waals surface area contributed by atoms with Crippen LogP contribution in [0.1, 0.15) is 62.2 Å². The molecule has 130 valence electrons. The van der Waals surface area contributed by atoms with Gasteiger partial charge in [-0.15, -0.1) is 11.3 Å². The molecule has 1 amide bonds. The molecule has 0 aromatic carbocycles. The molecule has 0 spiro atoms. The molecule has 5 heteroatoms. The number of rotatable bonds is 7. The quantitative estimate of drug-likeness (QED) is 0.811. The Morgan fingerprint density at radius 1 is 1.42 bits per heavy atom. The van der Waals surface area contributed by atoms with Gasteiger partial charge in [0.1, 0.15) is 5.82 Å². The zero-order valence-electron chi connectivity index (χ0n) is 14.4. The van der Waals surface area contributed by atoms with E-state index in [-0.39, 0.29) is 11.9 Å². The molecule has 2 aromatic heterocycles. The van der Waals surface area contributed by atoms with Gasteiger partial charge in [0.15, 0.2) is 0 Å². The van der Waals surface area contributed by atoms with E-state index in [1.807, 2.05) is 12.4 Å². The number of hydrogen-bond acceptors (Lipinski definition) is 3. The van der Waals surface area contributed by atoms with Gasteiger partial charge in [0.25, 0.3) is 0 Å². The zero-order valence-corrected chi connectivity index (χ0v) is 15.2. The fraction of sp³-hybridized carbons (Fsp3) is 0.579. The van der Waals surface area contributed by atoms with Gasteiger partial charge in [-0.05, 0) is 30.2 Å². The highest BCUT2D eigenvalue weighted by Crippen LogP contribution is 2.36. The van der Waals surface area contributed by atoms with Crippen molar-refractivity contribution in [3.63, 3.8) is 0 Å². The average Bonchev–Trinajstić information content (AvgIpc) is 3.30. The van der Waals surface area contributed by atoms with Crippen LogP contribution in [0.3, 0.4) is 0 Å². The summed E-state index contributed by atoms with van der Waals surface area (Å²) in [4.78, 5) is 18.2. The lowest BCUT2D eigenvalue weighted by molar-refractivity contribution is -0.122. The fourth-order valence-electron chi connectivity index (χ4n) is 3.68. The van der Waals surface area contributed by atoms with Crippen molar-refractivity contribution in [1.29, 1.82) is 0 Å². The van der Waals surface area contributed by atoms with E-state index in [0.29, 0.717) is 18.9 Å². The first kappa shape index (κ1) is 17.2. The summed E-state index contributed by atoms with van der Waals surface area (Å²) in [6.45, 7) is 2.80. The summed E-state index contributed by atoms with van der Waals surface area (Å²) < 4.78 is 2.08. The smallest absolute Gasteiger partial charge is 0.222 e. The molecule has 1 atom stereocenters. The van der Waals surface area contributed by atoms with E-state index < -0.39 is 0 Å². The monoisotopic (exact) mass is 345 g/mol. The minimum absolute atomic E-state index is 0.148. The first-order chi connectivity index (χ1) is 11.8. The van der Waals surface area contributed by atoms with Crippen LogP contribution in [0, 0.1) is 5.92 Å². The molecule has 1 aliphatic rings. The van der Waals surface area contributed by atoms with Crippen LogP contribution in [0.4, 0.5) is 0 Å². The molecule has 0 aliphatic heterocycles. The third-order valence-electron chi connectivity index (χ3n) is 4.99. The molecule has 3 rings (SSSR count). The Morgan fingerprint density at radius 3 is 2.96 bits per heavy atom. The van der Waals surface area contributed by atoms with E-state index in [4.69, 9.17) is 0 Å². The van der Waals surface area contributed by atoms with Crippen molar-refractivity contribution in [2.45, 2.75) is 64.5 Å². The van der Waals surface area contributed by atoms with Crippen LogP contribution in [0.25, 0.3) is 0 Å². The van der Waals surface area contributed by atoms with Gasteiger partial charge in [0.2, 0.25) is 5.91 Å². The molecule has 1 unspecified atom stereocenters. The normalized spacial score (nSPS) is 16.9. The third-order valence-corrected chi connectivity index (χ3v) is 5.94. The minimum Gasteiger partial charge on any atom is -0.348 e. The molecule has 0 saturated heterocycles. The maximum atomic E-state index is 12.5. The topological polar surface area (TPSA) is 46.9 Å². The summed E-state index contributed by atoms with van der Waals surface area (Å²) >= 11 is 1.76. The SMILES string of the molecule is CCc1nccn1CCC(=O)NC(c1cccs1)C1CCCCC1. The lowest BCUT2D eigenvalue weighted by Crippen LogP contribution is -2.34. The fourth-order valence-corrected chi connectivity index (χ4v) is 4.55.